The van der Waals surface area contributed by atoms with Crippen LogP contribution in [0.1, 0.15) is 110 Å². The number of sulfonamides is 1. The quantitative estimate of drug-likeness (QED) is 0.350. The molecule has 47 heavy (non-hydrogen) atoms. The van der Waals surface area contributed by atoms with Crippen molar-refractivity contribution in [1.82, 2.24) is 28.9 Å². The Bertz CT molecular complexity index is 1610. The summed E-state index contributed by atoms with van der Waals surface area (Å²) < 4.78 is 56.8. The molecule has 2 aromatic heterocycles. The van der Waals surface area contributed by atoms with Crippen LogP contribution in [-0.2, 0) is 10.0 Å². The van der Waals surface area contributed by atoms with Crippen molar-refractivity contribution in [3.8, 4) is 6.07 Å². The highest BCUT2D eigenvalue weighted by molar-refractivity contribution is 7.89. The Balaban J connectivity index is 1.25. The average molecular weight is 674 g/mol. The predicted octanol–water partition coefficient (Wildman–Crippen LogP) is 5.76. The highest BCUT2D eigenvalue weighted by Gasteiger charge is 2.49. The average Bonchev–Trinajstić information content (AvgIpc) is 3.35. The Kier molecular flexibility index (Phi) is 10.2. The Morgan fingerprint density at radius 1 is 1.04 bits per heavy atom. The van der Waals surface area contributed by atoms with Gasteiger partial charge in [0.2, 0.25) is 10.0 Å². The van der Waals surface area contributed by atoms with E-state index in [1.165, 1.54) is 18.2 Å². The maximum atomic E-state index is 13.9. The molecule has 2 aromatic rings. The van der Waals surface area contributed by atoms with Crippen LogP contribution in [0.4, 0.5) is 8.78 Å². The lowest BCUT2D eigenvalue weighted by atomic mass is 9.63. The Labute approximate surface area is 278 Å². The molecule has 0 bridgehead atoms. The predicted molar refractivity (Wildman–Crippen MR) is 175 cm³/mol. The summed E-state index contributed by atoms with van der Waals surface area (Å²) in [6.45, 7) is 12.0. The maximum absolute atomic E-state index is 13.9. The number of hydrogen-bond acceptors (Lipinski definition) is 7. The zero-order chi connectivity index (χ0) is 34.3. The molecule has 1 unspecified atom stereocenters. The second kappa shape index (κ2) is 13.5. The summed E-state index contributed by atoms with van der Waals surface area (Å²) in [5.74, 6) is 0.169. The Morgan fingerprint density at radius 2 is 1.68 bits per heavy atom. The molecule has 0 saturated carbocycles. The van der Waals surface area contributed by atoms with Gasteiger partial charge in [-0.1, -0.05) is 19.8 Å². The molecule has 3 aliphatic heterocycles. The number of aryl methyl sites for hydroxylation is 3. The molecule has 1 atom stereocenters. The minimum atomic E-state index is -3.97. The summed E-state index contributed by atoms with van der Waals surface area (Å²) in [5.41, 5.74) is 2.38. The fourth-order valence-electron chi connectivity index (χ4n) is 8.52. The molecule has 0 aliphatic carbocycles. The van der Waals surface area contributed by atoms with E-state index < -0.39 is 16.6 Å². The van der Waals surface area contributed by atoms with E-state index in [1.807, 2.05) is 11.8 Å². The minimum Gasteiger partial charge on any atom is -0.338 e. The molecule has 3 fully saturated rings. The molecule has 1 amide bonds. The first-order chi connectivity index (χ1) is 22.2. The van der Waals surface area contributed by atoms with Crippen molar-refractivity contribution in [2.75, 3.05) is 39.3 Å². The lowest BCUT2D eigenvalue weighted by Crippen LogP contribution is -2.60. The number of unbranched alkanes of at least 4 members (excludes halogenated alkanes) is 1. The molecule has 1 spiro atoms. The molecule has 10 nitrogen and oxygen atoms in total. The number of rotatable bonds is 8. The largest absolute Gasteiger partial charge is 0.338 e. The molecule has 3 aliphatic rings. The van der Waals surface area contributed by atoms with Crippen LogP contribution in [0.15, 0.2) is 11.0 Å². The van der Waals surface area contributed by atoms with Gasteiger partial charge in [-0.05, 0) is 109 Å². The van der Waals surface area contributed by atoms with Gasteiger partial charge in [-0.25, -0.2) is 18.1 Å². The number of alkyl halides is 2. The topological polar surface area (TPSA) is 115 Å². The van der Waals surface area contributed by atoms with Crippen LogP contribution in [0.5, 0.6) is 0 Å². The van der Waals surface area contributed by atoms with E-state index >= 15 is 0 Å². The fraction of sp³-hybridized carbons (Fsp3) is 0.706. The third-order valence-electron chi connectivity index (χ3n) is 11.5. The van der Waals surface area contributed by atoms with Crippen LogP contribution < -0.4 is 0 Å². The third kappa shape index (κ3) is 6.57. The lowest BCUT2D eigenvalue weighted by Gasteiger charge is -2.55. The van der Waals surface area contributed by atoms with E-state index in [0.717, 1.165) is 70.0 Å². The summed E-state index contributed by atoms with van der Waals surface area (Å²) in [4.78, 5) is 22.2. The molecular formula is C34H49F2N7O3S. The van der Waals surface area contributed by atoms with Gasteiger partial charge in [-0.2, -0.15) is 23.4 Å². The summed E-state index contributed by atoms with van der Waals surface area (Å²) >= 11 is 0. The molecule has 0 N–H and O–H groups in total. The molecular weight excluding hydrogens is 624 g/mol. The van der Waals surface area contributed by atoms with E-state index in [1.54, 1.807) is 13.0 Å². The number of pyridine rings is 1. The van der Waals surface area contributed by atoms with Crippen molar-refractivity contribution in [1.29, 1.82) is 5.26 Å². The van der Waals surface area contributed by atoms with Crippen molar-refractivity contribution < 1.29 is 22.0 Å². The molecule has 258 valence electrons. The van der Waals surface area contributed by atoms with Crippen molar-refractivity contribution in [2.45, 2.75) is 110 Å². The van der Waals surface area contributed by atoms with Crippen molar-refractivity contribution >= 4 is 15.9 Å². The second-order valence-corrected chi connectivity index (χ2v) is 16.1. The zero-order valence-corrected chi connectivity index (χ0v) is 29.5. The number of likely N-dealkylation sites (tertiary alicyclic amines) is 2. The van der Waals surface area contributed by atoms with E-state index in [2.05, 4.69) is 34.9 Å². The van der Waals surface area contributed by atoms with E-state index in [9.17, 15) is 27.3 Å². The zero-order valence-electron chi connectivity index (χ0n) is 28.7. The number of nitrogens with zero attached hydrogens (tertiary/aromatic N) is 7. The van der Waals surface area contributed by atoms with Gasteiger partial charge >= 0.3 is 6.55 Å². The van der Waals surface area contributed by atoms with Gasteiger partial charge in [0.1, 0.15) is 16.7 Å². The van der Waals surface area contributed by atoms with E-state index in [0.29, 0.717) is 47.8 Å². The summed E-state index contributed by atoms with van der Waals surface area (Å²) in [7, 11) is -3.97. The number of hydrogen-bond donors (Lipinski definition) is 0. The summed E-state index contributed by atoms with van der Waals surface area (Å²) in [5, 5.41) is 13.1. The van der Waals surface area contributed by atoms with Crippen LogP contribution in [0, 0.1) is 50.4 Å². The number of nitriles is 1. The summed E-state index contributed by atoms with van der Waals surface area (Å²) in [6, 6.07) is 3.74. The first kappa shape index (κ1) is 35.4. The number of piperidine rings is 3. The first-order valence-corrected chi connectivity index (χ1v) is 18.4. The Morgan fingerprint density at radius 3 is 2.23 bits per heavy atom. The normalized spacial score (nSPS) is 22.1. The number of halogens is 2. The SMILES string of the molecule is CCCCC1CN(S(=O)(=O)c2c(C)nn(C(F)F)c2C)CCC12CCN(C1(C)CCN(C(=O)c3c(C)cc(C#N)nc3C)CC1)CC2. The number of aromatic nitrogens is 3. The van der Waals surface area contributed by atoms with Gasteiger partial charge in [0, 0.05) is 31.7 Å². The van der Waals surface area contributed by atoms with Gasteiger partial charge in [-0.15, -0.1) is 0 Å². The standard InChI is InChI=1S/C34H49F2N7O3S/c1-7-8-9-27-22-42(47(45,46)30-25(4)39-43(26(30)5)32(35)36)19-14-34(27)12-17-41(18-13-34)33(6)10-15-40(16-11-33)31(44)29-23(2)20-28(21-37)38-24(29)3/h20,27,32H,7-19,22H2,1-6H3. The van der Waals surface area contributed by atoms with Gasteiger partial charge in [0.05, 0.1) is 22.6 Å². The van der Waals surface area contributed by atoms with Crippen molar-refractivity contribution in [3.63, 3.8) is 0 Å². The number of amides is 1. The van der Waals surface area contributed by atoms with Crippen LogP contribution >= 0.6 is 0 Å². The smallest absolute Gasteiger partial charge is 0.333 e. The fourth-order valence-corrected chi connectivity index (χ4v) is 10.4. The highest BCUT2D eigenvalue weighted by atomic mass is 32.2. The van der Waals surface area contributed by atoms with E-state index in [4.69, 9.17) is 0 Å². The highest BCUT2D eigenvalue weighted by Crippen LogP contribution is 2.50. The third-order valence-corrected chi connectivity index (χ3v) is 13.6. The molecule has 3 saturated heterocycles. The molecule has 5 rings (SSSR count). The van der Waals surface area contributed by atoms with Crippen molar-refractivity contribution in [3.05, 3.63) is 40.0 Å². The van der Waals surface area contributed by atoms with Gasteiger partial charge in [0.25, 0.3) is 5.91 Å². The van der Waals surface area contributed by atoms with Crippen LogP contribution in [0.3, 0.4) is 0 Å². The molecule has 13 heteroatoms. The molecule has 0 radical (unpaired) electrons. The van der Waals surface area contributed by atoms with Crippen LogP contribution in [0.2, 0.25) is 0 Å². The van der Waals surface area contributed by atoms with Gasteiger partial charge < -0.3 is 4.90 Å². The van der Waals surface area contributed by atoms with Gasteiger partial charge in [-0.3, -0.25) is 9.69 Å². The number of carbonyl (C=O) groups is 1. The monoisotopic (exact) mass is 673 g/mol. The van der Waals surface area contributed by atoms with Gasteiger partial charge in [0.15, 0.2) is 0 Å². The Hall–Kier alpha value is -2.95. The maximum Gasteiger partial charge on any atom is 0.333 e. The lowest BCUT2D eigenvalue weighted by molar-refractivity contribution is -0.0483. The van der Waals surface area contributed by atoms with Crippen LogP contribution in [-0.4, -0.2) is 88.0 Å². The minimum absolute atomic E-state index is 0.0176. The van der Waals surface area contributed by atoms with Crippen molar-refractivity contribution in [2.24, 2.45) is 11.3 Å². The number of carbonyl (C=O) groups excluding carboxylic acids is 1. The first-order valence-electron chi connectivity index (χ1n) is 16.9. The second-order valence-electron chi connectivity index (χ2n) is 14.2. The molecule has 0 aromatic carbocycles. The van der Waals surface area contributed by atoms with Crippen LogP contribution in [0.25, 0.3) is 0 Å². The summed E-state index contributed by atoms with van der Waals surface area (Å²) in [6.07, 6.45) is 7.44. The molecule has 5 heterocycles. The van der Waals surface area contributed by atoms with E-state index in [-0.39, 0.29) is 39.1 Å².